The van der Waals surface area contributed by atoms with E-state index in [0.717, 1.165) is 0 Å². The molecule has 0 amide bonds. The first kappa shape index (κ1) is 12.2. The van der Waals surface area contributed by atoms with Gasteiger partial charge in [0.15, 0.2) is 6.29 Å². The van der Waals surface area contributed by atoms with E-state index < -0.39 is 12.2 Å². The molecule has 2 unspecified atom stereocenters. The first-order chi connectivity index (χ1) is 7.19. The van der Waals surface area contributed by atoms with Crippen LogP contribution in [0.3, 0.4) is 0 Å². The SMILES string of the molecule is O=Cc1cccc(C(O)C(O)CCS)n1. The van der Waals surface area contributed by atoms with Gasteiger partial charge in [0.25, 0.3) is 0 Å². The number of carbonyl (C=O) groups is 1. The fraction of sp³-hybridized carbons (Fsp3) is 0.400. The molecule has 1 aromatic rings. The van der Waals surface area contributed by atoms with Crippen LogP contribution in [0, 0.1) is 0 Å². The summed E-state index contributed by atoms with van der Waals surface area (Å²) in [6.45, 7) is 0. The molecule has 0 saturated heterocycles. The number of aliphatic hydroxyl groups excluding tert-OH is 2. The van der Waals surface area contributed by atoms with E-state index in [9.17, 15) is 15.0 Å². The second kappa shape index (κ2) is 5.85. The maximum atomic E-state index is 10.5. The first-order valence-corrected chi connectivity index (χ1v) is 5.21. The monoisotopic (exact) mass is 227 g/mol. The molecule has 0 aromatic carbocycles. The van der Waals surface area contributed by atoms with Crippen molar-refractivity contribution in [2.45, 2.75) is 18.6 Å². The minimum absolute atomic E-state index is 0.240. The molecule has 1 rings (SSSR count). The van der Waals surface area contributed by atoms with Crippen molar-refractivity contribution in [1.29, 1.82) is 0 Å². The molecule has 2 atom stereocenters. The van der Waals surface area contributed by atoms with Crippen molar-refractivity contribution in [1.82, 2.24) is 4.98 Å². The highest BCUT2D eigenvalue weighted by Crippen LogP contribution is 2.17. The van der Waals surface area contributed by atoms with E-state index in [0.29, 0.717) is 24.2 Å². The number of aliphatic hydroxyl groups is 2. The zero-order valence-electron chi connectivity index (χ0n) is 8.08. The topological polar surface area (TPSA) is 70.4 Å². The average Bonchev–Trinajstić information content (AvgIpc) is 2.28. The van der Waals surface area contributed by atoms with Gasteiger partial charge in [0.1, 0.15) is 11.8 Å². The van der Waals surface area contributed by atoms with Crippen LogP contribution in [0.4, 0.5) is 0 Å². The van der Waals surface area contributed by atoms with Crippen LogP contribution in [-0.4, -0.2) is 33.3 Å². The number of rotatable bonds is 5. The van der Waals surface area contributed by atoms with Crippen LogP contribution in [0.2, 0.25) is 0 Å². The zero-order valence-corrected chi connectivity index (χ0v) is 8.97. The highest BCUT2D eigenvalue weighted by Gasteiger charge is 2.18. The van der Waals surface area contributed by atoms with Gasteiger partial charge in [0, 0.05) is 0 Å². The molecule has 0 aliphatic heterocycles. The minimum Gasteiger partial charge on any atom is -0.390 e. The summed E-state index contributed by atoms with van der Waals surface area (Å²) >= 11 is 3.96. The van der Waals surface area contributed by atoms with Gasteiger partial charge < -0.3 is 10.2 Å². The third-order valence-corrected chi connectivity index (χ3v) is 2.26. The lowest BCUT2D eigenvalue weighted by atomic mass is 10.1. The van der Waals surface area contributed by atoms with Crippen molar-refractivity contribution in [3.05, 3.63) is 29.6 Å². The number of nitrogens with zero attached hydrogens (tertiary/aromatic N) is 1. The Bertz CT molecular complexity index is 332. The Balaban J connectivity index is 2.80. The normalized spacial score (nSPS) is 14.6. The molecule has 0 bridgehead atoms. The molecule has 0 spiro atoms. The summed E-state index contributed by atoms with van der Waals surface area (Å²) in [5, 5.41) is 19.2. The van der Waals surface area contributed by atoms with E-state index in [4.69, 9.17) is 0 Å². The van der Waals surface area contributed by atoms with E-state index >= 15 is 0 Å². The van der Waals surface area contributed by atoms with Gasteiger partial charge in [-0.1, -0.05) is 6.07 Å². The summed E-state index contributed by atoms with van der Waals surface area (Å²) in [5.41, 5.74) is 0.540. The van der Waals surface area contributed by atoms with E-state index in [2.05, 4.69) is 17.6 Å². The first-order valence-electron chi connectivity index (χ1n) is 4.58. The van der Waals surface area contributed by atoms with Gasteiger partial charge >= 0.3 is 0 Å². The quantitative estimate of drug-likeness (QED) is 0.509. The number of aldehydes is 1. The Morgan fingerprint density at radius 3 is 2.80 bits per heavy atom. The van der Waals surface area contributed by atoms with Gasteiger partial charge in [-0.2, -0.15) is 12.6 Å². The lowest BCUT2D eigenvalue weighted by molar-refractivity contribution is 0.0146. The smallest absolute Gasteiger partial charge is 0.168 e. The summed E-state index contributed by atoms with van der Waals surface area (Å²) in [4.78, 5) is 14.3. The molecule has 1 heterocycles. The van der Waals surface area contributed by atoms with Crippen molar-refractivity contribution in [3.63, 3.8) is 0 Å². The summed E-state index contributed by atoms with van der Waals surface area (Å²) in [6.07, 6.45) is -1.01. The van der Waals surface area contributed by atoms with Gasteiger partial charge in [-0.25, -0.2) is 4.98 Å². The predicted molar refractivity (Wildman–Crippen MR) is 59.1 cm³/mol. The Hall–Kier alpha value is -0.910. The molecule has 0 saturated carbocycles. The number of pyridine rings is 1. The van der Waals surface area contributed by atoms with Crippen LogP contribution in [0.5, 0.6) is 0 Å². The number of hydrogen-bond donors (Lipinski definition) is 3. The van der Waals surface area contributed by atoms with Gasteiger partial charge in [-0.05, 0) is 24.3 Å². The van der Waals surface area contributed by atoms with Crippen molar-refractivity contribution < 1.29 is 15.0 Å². The predicted octanol–water partition coefficient (Wildman–Crippen LogP) is 0.608. The fourth-order valence-electron chi connectivity index (χ4n) is 1.19. The summed E-state index contributed by atoms with van der Waals surface area (Å²) < 4.78 is 0. The number of aromatic nitrogens is 1. The maximum Gasteiger partial charge on any atom is 0.168 e. The molecular formula is C10H13NO3S. The molecule has 0 fully saturated rings. The minimum atomic E-state index is -1.07. The fourth-order valence-corrected chi connectivity index (χ4v) is 1.45. The van der Waals surface area contributed by atoms with E-state index in [1.54, 1.807) is 12.1 Å². The van der Waals surface area contributed by atoms with Crippen molar-refractivity contribution in [2.75, 3.05) is 5.75 Å². The summed E-state index contributed by atoms with van der Waals surface area (Å²) in [7, 11) is 0. The van der Waals surface area contributed by atoms with E-state index in [1.807, 2.05) is 0 Å². The van der Waals surface area contributed by atoms with Crippen LogP contribution in [0.1, 0.15) is 28.7 Å². The van der Waals surface area contributed by atoms with Gasteiger partial charge in [0.05, 0.1) is 11.8 Å². The molecule has 82 valence electrons. The molecule has 4 nitrogen and oxygen atoms in total. The maximum absolute atomic E-state index is 10.5. The molecule has 5 heteroatoms. The molecule has 0 radical (unpaired) electrons. The van der Waals surface area contributed by atoms with Gasteiger partial charge in [-0.3, -0.25) is 4.79 Å². The third kappa shape index (κ3) is 3.30. The van der Waals surface area contributed by atoms with Gasteiger partial charge in [-0.15, -0.1) is 0 Å². The van der Waals surface area contributed by atoms with Crippen LogP contribution in [0.25, 0.3) is 0 Å². The number of hydrogen-bond acceptors (Lipinski definition) is 5. The number of carbonyl (C=O) groups excluding carboxylic acids is 1. The van der Waals surface area contributed by atoms with Crippen LogP contribution in [-0.2, 0) is 0 Å². The number of thiol groups is 1. The molecule has 0 aliphatic carbocycles. The standard InChI is InChI=1S/C10H13NO3S/c12-6-7-2-1-3-8(11-7)10(14)9(13)4-5-15/h1-3,6,9-10,13-15H,4-5H2. The van der Waals surface area contributed by atoms with E-state index in [1.165, 1.54) is 6.07 Å². The largest absolute Gasteiger partial charge is 0.390 e. The second-order valence-electron chi connectivity index (χ2n) is 3.13. The molecule has 2 N–H and O–H groups in total. The van der Waals surface area contributed by atoms with Crippen LogP contribution >= 0.6 is 12.6 Å². The second-order valence-corrected chi connectivity index (χ2v) is 3.58. The molecule has 15 heavy (non-hydrogen) atoms. The molecule has 0 aliphatic rings. The average molecular weight is 227 g/mol. The Morgan fingerprint density at radius 1 is 1.47 bits per heavy atom. The highest BCUT2D eigenvalue weighted by atomic mass is 32.1. The molecule has 1 aromatic heterocycles. The Morgan fingerprint density at radius 2 is 2.20 bits per heavy atom. The third-order valence-electron chi connectivity index (χ3n) is 2.01. The lowest BCUT2D eigenvalue weighted by Gasteiger charge is -2.16. The lowest BCUT2D eigenvalue weighted by Crippen LogP contribution is -2.20. The Kier molecular flexibility index (Phi) is 4.74. The van der Waals surface area contributed by atoms with Crippen LogP contribution < -0.4 is 0 Å². The highest BCUT2D eigenvalue weighted by molar-refractivity contribution is 7.80. The summed E-state index contributed by atoms with van der Waals surface area (Å²) in [5.74, 6) is 0.478. The van der Waals surface area contributed by atoms with Crippen LogP contribution in [0.15, 0.2) is 18.2 Å². The Labute approximate surface area is 93.4 Å². The van der Waals surface area contributed by atoms with Crippen molar-refractivity contribution >= 4 is 18.9 Å². The van der Waals surface area contributed by atoms with Crippen molar-refractivity contribution in [3.8, 4) is 0 Å². The van der Waals surface area contributed by atoms with E-state index in [-0.39, 0.29) is 5.69 Å². The van der Waals surface area contributed by atoms with Crippen molar-refractivity contribution in [2.24, 2.45) is 0 Å². The molecular weight excluding hydrogens is 214 g/mol. The summed E-state index contributed by atoms with van der Waals surface area (Å²) in [6, 6.07) is 4.72. The van der Waals surface area contributed by atoms with Gasteiger partial charge in [0.2, 0.25) is 0 Å². The zero-order chi connectivity index (χ0) is 11.3.